The Morgan fingerprint density at radius 1 is 1.43 bits per heavy atom. The first-order valence-electron chi connectivity index (χ1n) is 6.71. The molecule has 1 aromatic rings. The van der Waals surface area contributed by atoms with Crippen molar-refractivity contribution in [3.63, 3.8) is 0 Å². The van der Waals surface area contributed by atoms with Crippen molar-refractivity contribution < 1.29 is 19.2 Å². The van der Waals surface area contributed by atoms with Gasteiger partial charge in [-0.3, -0.25) is 0 Å². The van der Waals surface area contributed by atoms with E-state index in [-0.39, 0.29) is 6.54 Å². The Bertz CT molecular complexity index is 488. The first-order valence-corrected chi connectivity index (χ1v) is 7.50. The van der Waals surface area contributed by atoms with Crippen molar-refractivity contribution in [1.82, 2.24) is 10.1 Å². The van der Waals surface area contributed by atoms with Crippen molar-refractivity contribution in [2.75, 3.05) is 6.54 Å². The second-order valence-corrected chi connectivity index (χ2v) is 7.64. The predicted octanol–water partition coefficient (Wildman–Crippen LogP) is 3.51. The Labute approximate surface area is 133 Å². The van der Waals surface area contributed by atoms with Gasteiger partial charge >= 0.3 is 6.09 Å². The lowest BCUT2D eigenvalue weighted by Crippen LogP contribution is -2.49. The molecule has 1 aromatic heterocycles. The number of nitrogens with zero attached hydrogens (tertiary/aromatic N) is 2. The highest BCUT2D eigenvalue weighted by Gasteiger charge is 2.33. The maximum atomic E-state index is 12.3. The van der Waals surface area contributed by atoms with E-state index in [9.17, 15) is 9.90 Å². The molecule has 0 spiro atoms. The third-order valence-corrected chi connectivity index (χ3v) is 2.98. The largest absolute Gasteiger partial charge is 0.444 e. The van der Waals surface area contributed by atoms with Crippen molar-refractivity contribution in [3.05, 3.63) is 16.4 Å². The van der Waals surface area contributed by atoms with Crippen LogP contribution in [0.25, 0.3) is 0 Å². The number of hydrogen-bond donors (Lipinski definition) is 1. The molecule has 0 aliphatic heterocycles. The summed E-state index contributed by atoms with van der Waals surface area (Å²) in [6.45, 7) is 11.1. The molecular formula is C14H23BrN2O4. The molecular weight excluding hydrogens is 340 g/mol. The average Bonchev–Trinajstić information content (AvgIpc) is 2.68. The van der Waals surface area contributed by atoms with E-state index in [4.69, 9.17) is 9.26 Å². The van der Waals surface area contributed by atoms with Crippen LogP contribution in [-0.4, -0.2) is 38.9 Å². The molecule has 1 atom stereocenters. The Morgan fingerprint density at radius 2 is 2.00 bits per heavy atom. The van der Waals surface area contributed by atoms with Crippen LogP contribution in [0.4, 0.5) is 4.79 Å². The van der Waals surface area contributed by atoms with Crippen LogP contribution in [0.1, 0.15) is 53.4 Å². The van der Waals surface area contributed by atoms with E-state index in [1.165, 1.54) is 4.90 Å². The zero-order valence-corrected chi connectivity index (χ0v) is 14.9. The number of aliphatic hydroxyl groups excluding tert-OH is 1. The summed E-state index contributed by atoms with van der Waals surface area (Å²) in [4.78, 5) is 13.8. The minimum atomic E-state index is -0.976. The summed E-state index contributed by atoms with van der Waals surface area (Å²) in [6.07, 6.45) is -1.46. The number of carbonyl (C=O) groups excluding carboxylic acids is 1. The fraction of sp³-hybridized carbons (Fsp3) is 0.714. The molecule has 0 saturated carbocycles. The van der Waals surface area contributed by atoms with Gasteiger partial charge in [-0.2, -0.15) is 0 Å². The van der Waals surface area contributed by atoms with E-state index in [0.717, 1.165) is 0 Å². The smallest absolute Gasteiger partial charge is 0.410 e. The van der Waals surface area contributed by atoms with Crippen LogP contribution in [0.15, 0.2) is 15.2 Å². The molecule has 0 fully saturated rings. The average molecular weight is 363 g/mol. The fourth-order valence-corrected chi connectivity index (χ4v) is 1.92. The summed E-state index contributed by atoms with van der Waals surface area (Å²) in [5.74, 6) is 0.291. The van der Waals surface area contributed by atoms with Crippen molar-refractivity contribution in [1.29, 1.82) is 0 Å². The molecule has 0 aromatic carbocycles. The Balaban J connectivity index is 2.87. The van der Waals surface area contributed by atoms with Gasteiger partial charge in [0.15, 0.2) is 5.76 Å². The minimum Gasteiger partial charge on any atom is -0.444 e. The normalized spacial score (nSPS) is 13.9. The van der Waals surface area contributed by atoms with Crippen LogP contribution in [0.2, 0.25) is 0 Å². The second kappa shape index (κ2) is 6.36. The molecule has 120 valence electrons. The lowest BCUT2D eigenvalue weighted by atomic mass is 10.1. The first kappa shape index (κ1) is 18.0. The summed E-state index contributed by atoms with van der Waals surface area (Å²) in [5.41, 5.74) is -1.10. The summed E-state index contributed by atoms with van der Waals surface area (Å²) in [7, 11) is 0. The molecule has 1 N–H and O–H groups in total. The number of amides is 1. The number of carbonyl (C=O) groups is 1. The van der Waals surface area contributed by atoms with Gasteiger partial charge in [0, 0.05) is 11.6 Å². The fourth-order valence-electron chi connectivity index (χ4n) is 1.63. The Morgan fingerprint density at radius 3 is 2.38 bits per heavy atom. The zero-order chi connectivity index (χ0) is 16.4. The number of rotatable bonds is 3. The lowest BCUT2D eigenvalue weighted by molar-refractivity contribution is -0.0109. The van der Waals surface area contributed by atoms with Gasteiger partial charge < -0.3 is 19.3 Å². The molecule has 0 saturated heterocycles. The number of ether oxygens (including phenoxy) is 1. The highest BCUT2D eigenvalue weighted by Crippen LogP contribution is 2.24. The maximum Gasteiger partial charge on any atom is 0.410 e. The number of hydrogen-bond acceptors (Lipinski definition) is 5. The topological polar surface area (TPSA) is 75.8 Å². The minimum absolute atomic E-state index is 0.0556. The van der Waals surface area contributed by atoms with Crippen LogP contribution >= 0.6 is 15.9 Å². The summed E-state index contributed by atoms with van der Waals surface area (Å²) in [5, 5.41) is 13.9. The molecule has 0 bridgehead atoms. The van der Waals surface area contributed by atoms with E-state index < -0.39 is 23.3 Å². The zero-order valence-electron chi connectivity index (χ0n) is 13.3. The van der Waals surface area contributed by atoms with Gasteiger partial charge in [0.25, 0.3) is 0 Å². The van der Waals surface area contributed by atoms with Crippen LogP contribution in [0.3, 0.4) is 0 Å². The molecule has 6 nitrogen and oxygen atoms in total. The van der Waals surface area contributed by atoms with E-state index in [0.29, 0.717) is 10.4 Å². The second-order valence-electron chi connectivity index (χ2n) is 6.83. The third kappa shape index (κ3) is 5.67. The number of halogens is 1. The van der Waals surface area contributed by atoms with Gasteiger partial charge in [0.1, 0.15) is 16.3 Å². The Kier molecular flexibility index (Phi) is 5.44. The molecule has 1 heterocycles. The quantitative estimate of drug-likeness (QED) is 0.890. The molecule has 0 aliphatic rings. The van der Waals surface area contributed by atoms with Crippen molar-refractivity contribution in [3.8, 4) is 0 Å². The monoisotopic (exact) mass is 362 g/mol. The maximum absolute atomic E-state index is 12.3. The third-order valence-electron chi connectivity index (χ3n) is 2.61. The predicted molar refractivity (Wildman–Crippen MR) is 81.9 cm³/mol. The van der Waals surface area contributed by atoms with Gasteiger partial charge in [0.2, 0.25) is 0 Å². The van der Waals surface area contributed by atoms with E-state index in [1.54, 1.807) is 26.8 Å². The molecule has 1 amide bonds. The standard InChI is InChI=1S/C14H23BrN2O4/c1-13(2,3)17(12(19)20-14(4,5)6)8-9(18)10-7-11(15)16-21-10/h7,9,18H,8H2,1-6H3. The molecule has 7 heteroatoms. The highest BCUT2D eigenvalue weighted by atomic mass is 79.9. The van der Waals surface area contributed by atoms with Crippen LogP contribution < -0.4 is 0 Å². The molecule has 21 heavy (non-hydrogen) atoms. The number of aliphatic hydroxyl groups is 1. The van der Waals surface area contributed by atoms with Crippen LogP contribution in [0, 0.1) is 0 Å². The van der Waals surface area contributed by atoms with Gasteiger partial charge in [-0.25, -0.2) is 4.79 Å². The number of β-amino-alcohol motifs (C(OH)–C–C–N with tert-alkyl or cyclic N) is 1. The lowest BCUT2D eigenvalue weighted by Gasteiger charge is -2.37. The van der Waals surface area contributed by atoms with Crippen LogP contribution in [-0.2, 0) is 4.74 Å². The molecule has 0 aliphatic carbocycles. The van der Waals surface area contributed by atoms with Gasteiger partial charge in [-0.15, -0.1) is 0 Å². The number of aromatic nitrogens is 1. The SMILES string of the molecule is CC(C)(C)OC(=O)N(CC(O)c1cc(Br)no1)C(C)(C)C. The van der Waals surface area contributed by atoms with E-state index >= 15 is 0 Å². The highest BCUT2D eigenvalue weighted by molar-refractivity contribution is 9.10. The molecule has 1 rings (SSSR count). The van der Waals surface area contributed by atoms with Gasteiger partial charge in [-0.05, 0) is 57.5 Å². The molecule has 0 radical (unpaired) electrons. The van der Waals surface area contributed by atoms with Crippen molar-refractivity contribution in [2.24, 2.45) is 0 Å². The van der Waals surface area contributed by atoms with Gasteiger partial charge in [-0.1, -0.05) is 5.16 Å². The summed E-state index contributed by atoms with van der Waals surface area (Å²) < 4.78 is 10.9. The van der Waals surface area contributed by atoms with E-state index in [1.807, 2.05) is 20.8 Å². The van der Waals surface area contributed by atoms with Crippen molar-refractivity contribution in [2.45, 2.75) is 58.8 Å². The first-order chi connectivity index (χ1) is 9.40. The molecule has 1 unspecified atom stereocenters. The van der Waals surface area contributed by atoms with Crippen molar-refractivity contribution >= 4 is 22.0 Å². The van der Waals surface area contributed by atoms with Gasteiger partial charge in [0.05, 0.1) is 6.54 Å². The summed E-state index contributed by atoms with van der Waals surface area (Å²) in [6, 6.07) is 1.57. The van der Waals surface area contributed by atoms with E-state index in [2.05, 4.69) is 21.1 Å². The Hall–Kier alpha value is -1.08. The van der Waals surface area contributed by atoms with Crippen LogP contribution in [0.5, 0.6) is 0 Å². The summed E-state index contributed by atoms with van der Waals surface area (Å²) >= 11 is 3.15.